The largest absolute Gasteiger partial charge is 0.309 e. The Kier molecular flexibility index (Phi) is 6.70. The summed E-state index contributed by atoms with van der Waals surface area (Å²) >= 11 is 3.81. The first-order valence-electron chi connectivity index (χ1n) is 17.8. The highest BCUT2D eigenvalue weighted by Gasteiger charge is 2.50. The maximum atomic E-state index is 2.49. The molecule has 1 unspecified atom stereocenters. The molecule has 0 N–H and O–H groups in total. The van der Waals surface area contributed by atoms with E-state index in [-0.39, 0.29) is 0 Å². The van der Waals surface area contributed by atoms with Crippen molar-refractivity contribution in [1.82, 2.24) is 4.57 Å². The van der Waals surface area contributed by atoms with E-state index in [1.54, 1.807) is 0 Å². The van der Waals surface area contributed by atoms with Crippen molar-refractivity contribution < 1.29 is 0 Å². The van der Waals surface area contributed by atoms with Crippen LogP contribution in [0.2, 0.25) is 0 Å². The highest BCUT2D eigenvalue weighted by atomic mass is 32.2. The van der Waals surface area contributed by atoms with Crippen LogP contribution in [0.4, 0.5) is 0 Å². The van der Waals surface area contributed by atoms with E-state index < -0.39 is 5.41 Å². The van der Waals surface area contributed by atoms with Crippen LogP contribution in [0.3, 0.4) is 0 Å². The molecule has 2 aliphatic rings. The summed E-state index contributed by atoms with van der Waals surface area (Å²) < 4.78 is 2.43. The van der Waals surface area contributed by atoms with Gasteiger partial charge >= 0.3 is 0 Å². The third kappa shape index (κ3) is 4.21. The monoisotopic (exact) mass is 697 g/mol. The van der Waals surface area contributed by atoms with E-state index in [4.69, 9.17) is 0 Å². The van der Waals surface area contributed by atoms with E-state index in [2.05, 4.69) is 193 Å². The molecule has 11 rings (SSSR count). The molecular weight excluding hydrogens is 667 g/mol. The molecule has 0 fully saturated rings. The van der Waals surface area contributed by atoms with Crippen molar-refractivity contribution in [2.45, 2.75) is 25.0 Å². The summed E-state index contributed by atoms with van der Waals surface area (Å²) in [6.07, 6.45) is 0. The minimum absolute atomic E-state index is 0.546. The molecular formula is C49H31NS2. The fourth-order valence-electron chi connectivity index (χ4n) is 8.86. The molecule has 0 aliphatic carbocycles. The standard InChI is InChI=1S/C49H31NS2/c1-3-15-32(16-4-1)33-29-30-45-40(31-33)49(38-22-8-11-26-43(38)51-45)39-23-9-12-27-44(39)52-46-28-14-21-36(48(46)49)35-20-13-25-42-47(35)37-19-7-10-24-41(37)50(42)34-17-5-2-6-18-34/h1-31H. The van der Waals surface area contributed by atoms with Crippen LogP contribution in [0, 0.1) is 0 Å². The van der Waals surface area contributed by atoms with Crippen LogP contribution in [-0.4, -0.2) is 4.57 Å². The lowest BCUT2D eigenvalue weighted by Crippen LogP contribution is -2.37. The minimum Gasteiger partial charge on any atom is -0.309 e. The highest BCUT2D eigenvalue weighted by molar-refractivity contribution is 8.00. The van der Waals surface area contributed by atoms with Crippen molar-refractivity contribution >= 4 is 45.3 Å². The van der Waals surface area contributed by atoms with Crippen molar-refractivity contribution in [3.05, 3.63) is 210 Å². The summed E-state index contributed by atoms with van der Waals surface area (Å²) in [5.41, 5.74) is 13.5. The predicted molar refractivity (Wildman–Crippen MR) is 218 cm³/mol. The van der Waals surface area contributed by atoms with Crippen LogP contribution in [0.1, 0.15) is 22.3 Å². The van der Waals surface area contributed by atoms with Crippen LogP contribution in [-0.2, 0) is 5.41 Å². The lowest BCUT2D eigenvalue weighted by molar-refractivity contribution is 0.669. The van der Waals surface area contributed by atoms with Gasteiger partial charge in [-0.1, -0.05) is 157 Å². The van der Waals surface area contributed by atoms with Crippen LogP contribution < -0.4 is 0 Å². The van der Waals surface area contributed by atoms with E-state index in [1.807, 2.05) is 23.5 Å². The van der Waals surface area contributed by atoms with Crippen molar-refractivity contribution in [1.29, 1.82) is 0 Å². The van der Waals surface area contributed by atoms with Crippen LogP contribution >= 0.6 is 23.5 Å². The quantitative estimate of drug-likeness (QED) is 0.181. The Bertz CT molecular complexity index is 2810. The summed E-state index contributed by atoms with van der Waals surface area (Å²) in [5, 5.41) is 2.55. The topological polar surface area (TPSA) is 4.93 Å². The molecule has 1 nitrogen and oxygen atoms in total. The second-order valence-corrected chi connectivity index (χ2v) is 15.8. The summed E-state index contributed by atoms with van der Waals surface area (Å²) in [4.78, 5) is 5.23. The van der Waals surface area contributed by atoms with Gasteiger partial charge in [-0.25, -0.2) is 0 Å². The Morgan fingerprint density at radius 3 is 1.75 bits per heavy atom. The molecule has 1 atom stereocenters. The number of nitrogens with zero attached hydrogens (tertiary/aromatic N) is 1. The minimum atomic E-state index is -0.546. The number of hydrogen-bond donors (Lipinski definition) is 0. The third-order valence-electron chi connectivity index (χ3n) is 10.9. The Labute approximate surface area is 311 Å². The van der Waals surface area contributed by atoms with Gasteiger partial charge in [-0.15, -0.1) is 0 Å². The fraction of sp³-hybridized carbons (Fsp3) is 0.0204. The van der Waals surface area contributed by atoms with E-state index in [9.17, 15) is 0 Å². The maximum Gasteiger partial charge on any atom is 0.0751 e. The maximum absolute atomic E-state index is 2.49. The molecule has 0 radical (unpaired) electrons. The molecule has 1 spiro atoms. The number of aromatic nitrogens is 1. The molecule has 3 heteroatoms. The Balaban J connectivity index is 1.30. The molecule has 1 aromatic heterocycles. The lowest BCUT2D eigenvalue weighted by atomic mass is 9.62. The summed E-state index contributed by atoms with van der Waals surface area (Å²) in [6, 6.07) is 69.8. The number of hydrogen-bond acceptors (Lipinski definition) is 2. The van der Waals surface area contributed by atoms with Gasteiger partial charge in [0.05, 0.1) is 16.4 Å². The Hall–Kier alpha value is -5.74. The van der Waals surface area contributed by atoms with Crippen molar-refractivity contribution in [3.8, 4) is 27.9 Å². The van der Waals surface area contributed by atoms with Crippen molar-refractivity contribution in [2.75, 3.05) is 0 Å². The van der Waals surface area contributed by atoms with Crippen LogP contribution in [0.5, 0.6) is 0 Å². The van der Waals surface area contributed by atoms with E-state index in [1.165, 1.54) is 91.6 Å². The first kappa shape index (κ1) is 29.9. The molecule has 244 valence electrons. The zero-order valence-corrected chi connectivity index (χ0v) is 29.8. The first-order valence-corrected chi connectivity index (χ1v) is 19.4. The summed E-state index contributed by atoms with van der Waals surface area (Å²) in [7, 11) is 0. The summed E-state index contributed by atoms with van der Waals surface area (Å²) in [6.45, 7) is 0. The smallest absolute Gasteiger partial charge is 0.0751 e. The number of para-hydroxylation sites is 2. The normalized spacial score (nSPS) is 15.6. The average Bonchev–Trinajstić information content (AvgIpc) is 3.56. The Morgan fingerprint density at radius 1 is 0.385 bits per heavy atom. The van der Waals surface area contributed by atoms with Crippen LogP contribution in [0.25, 0.3) is 49.7 Å². The van der Waals surface area contributed by atoms with Crippen LogP contribution in [0.15, 0.2) is 208 Å². The number of fused-ring (bicyclic) bond motifs is 11. The lowest BCUT2D eigenvalue weighted by Gasteiger charge is -2.46. The molecule has 2 aliphatic heterocycles. The molecule has 0 saturated carbocycles. The predicted octanol–water partition coefficient (Wildman–Crippen LogP) is 13.4. The molecule has 8 aromatic carbocycles. The summed E-state index contributed by atoms with van der Waals surface area (Å²) in [5.74, 6) is 0. The Morgan fingerprint density at radius 2 is 0.962 bits per heavy atom. The van der Waals surface area contributed by atoms with Crippen molar-refractivity contribution in [3.63, 3.8) is 0 Å². The van der Waals surface area contributed by atoms with Gasteiger partial charge in [0.15, 0.2) is 0 Å². The van der Waals surface area contributed by atoms with E-state index in [0.29, 0.717) is 0 Å². The SMILES string of the molecule is c1ccc(-c2ccc3c(c2)C2(c4ccccc4S3)c3ccccc3Sc3cccc(-c4cccc5c4c4ccccc4n5-c4ccccc4)c32)cc1. The van der Waals surface area contributed by atoms with Gasteiger partial charge in [0.25, 0.3) is 0 Å². The highest BCUT2D eigenvalue weighted by Crippen LogP contribution is 2.63. The number of rotatable bonds is 3. The zero-order valence-electron chi connectivity index (χ0n) is 28.2. The second-order valence-electron chi connectivity index (χ2n) is 13.6. The molecule has 0 bridgehead atoms. The average molecular weight is 698 g/mol. The third-order valence-corrected chi connectivity index (χ3v) is 13.2. The molecule has 52 heavy (non-hydrogen) atoms. The van der Waals surface area contributed by atoms with Gasteiger partial charge in [-0.3, -0.25) is 0 Å². The number of benzene rings is 8. The van der Waals surface area contributed by atoms with E-state index >= 15 is 0 Å². The van der Waals surface area contributed by atoms with Gasteiger partial charge in [0, 0.05) is 36.0 Å². The van der Waals surface area contributed by atoms with Gasteiger partial charge in [0.1, 0.15) is 0 Å². The molecule has 0 amide bonds. The van der Waals surface area contributed by atoms with Gasteiger partial charge < -0.3 is 4.57 Å². The van der Waals surface area contributed by atoms with Crippen molar-refractivity contribution in [2.24, 2.45) is 0 Å². The van der Waals surface area contributed by atoms with E-state index in [0.717, 1.165) is 0 Å². The molecule has 9 aromatic rings. The first-order chi connectivity index (χ1) is 25.8. The van der Waals surface area contributed by atoms with Gasteiger partial charge in [0.2, 0.25) is 0 Å². The zero-order chi connectivity index (χ0) is 34.2. The molecule has 3 heterocycles. The fourth-order valence-corrected chi connectivity index (χ4v) is 11.3. The van der Waals surface area contributed by atoms with Gasteiger partial charge in [-0.2, -0.15) is 0 Å². The second kappa shape index (κ2) is 11.6. The molecule has 0 saturated heterocycles. The van der Waals surface area contributed by atoms with Gasteiger partial charge in [-0.05, 0) is 99.1 Å².